The topological polar surface area (TPSA) is 17.8 Å². The van der Waals surface area contributed by atoms with E-state index in [-0.39, 0.29) is 0 Å². The quantitative estimate of drug-likeness (QED) is 0.615. The minimum atomic E-state index is 0.595. The molecule has 0 N–H and O–H groups in total. The van der Waals surface area contributed by atoms with Crippen LogP contribution in [0.4, 0.5) is 0 Å². The molecule has 0 saturated heterocycles. The number of halogens is 1. The van der Waals surface area contributed by atoms with Crippen molar-refractivity contribution in [3.05, 3.63) is 63.9 Å². The van der Waals surface area contributed by atoms with Crippen LogP contribution < -0.4 is 0 Å². The first-order valence-electron chi connectivity index (χ1n) is 7.73. The van der Waals surface area contributed by atoms with Crippen molar-refractivity contribution in [3.63, 3.8) is 0 Å². The zero-order valence-corrected chi connectivity index (χ0v) is 14.9. The number of imidazole rings is 1. The Hall–Kier alpha value is -1.61. The Balaban J connectivity index is 2.04. The van der Waals surface area contributed by atoms with Gasteiger partial charge in [-0.15, -0.1) is 0 Å². The van der Waals surface area contributed by atoms with E-state index in [0.717, 1.165) is 28.8 Å². The summed E-state index contributed by atoms with van der Waals surface area (Å²) in [6.45, 7) is 7.62. The van der Waals surface area contributed by atoms with Crippen LogP contribution in [-0.4, -0.2) is 9.55 Å². The largest absolute Gasteiger partial charge is 0.327 e. The fraction of sp³-hybridized carbons (Fsp3) is 0.316. The predicted molar refractivity (Wildman–Crippen MR) is 96.3 cm³/mol. The van der Waals surface area contributed by atoms with Gasteiger partial charge in [0.1, 0.15) is 5.82 Å². The molecular formula is C19H21BrN2. The summed E-state index contributed by atoms with van der Waals surface area (Å²) in [5.74, 6) is 1.74. The molecule has 0 fully saturated rings. The van der Waals surface area contributed by atoms with Crippen molar-refractivity contribution in [2.75, 3.05) is 0 Å². The summed E-state index contributed by atoms with van der Waals surface area (Å²) in [7, 11) is 0. The zero-order valence-electron chi connectivity index (χ0n) is 13.3. The normalized spacial score (nSPS) is 11.5. The number of fused-ring (bicyclic) bond motifs is 1. The number of rotatable bonds is 4. The minimum absolute atomic E-state index is 0.595. The maximum atomic E-state index is 4.88. The Morgan fingerprint density at radius 2 is 1.82 bits per heavy atom. The van der Waals surface area contributed by atoms with Crippen molar-refractivity contribution in [2.45, 2.75) is 33.7 Å². The number of nitrogens with zero attached hydrogens (tertiary/aromatic N) is 2. The van der Waals surface area contributed by atoms with Crippen LogP contribution in [0.25, 0.3) is 11.0 Å². The van der Waals surface area contributed by atoms with Crippen LogP contribution in [0.3, 0.4) is 0 Å². The summed E-state index contributed by atoms with van der Waals surface area (Å²) in [5.41, 5.74) is 4.89. The molecule has 0 unspecified atom stereocenters. The first-order valence-corrected chi connectivity index (χ1v) is 8.52. The van der Waals surface area contributed by atoms with Crippen LogP contribution in [0.15, 0.2) is 46.9 Å². The highest BCUT2D eigenvalue weighted by Gasteiger charge is 2.12. The van der Waals surface area contributed by atoms with E-state index in [2.05, 4.69) is 83.7 Å². The van der Waals surface area contributed by atoms with Gasteiger partial charge in [0.05, 0.1) is 11.0 Å². The Morgan fingerprint density at radius 3 is 2.50 bits per heavy atom. The third kappa shape index (κ3) is 3.25. The third-order valence-corrected chi connectivity index (χ3v) is 4.31. The summed E-state index contributed by atoms with van der Waals surface area (Å²) in [5, 5.41) is 0. The lowest BCUT2D eigenvalue weighted by Gasteiger charge is -2.12. The zero-order chi connectivity index (χ0) is 15.7. The van der Waals surface area contributed by atoms with Gasteiger partial charge in [-0.1, -0.05) is 59.6 Å². The summed E-state index contributed by atoms with van der Waals surface area (Å²) in [6.07, 6.45) is 0.874. The van der Waals surface area contributed by atoms with Gasteiger partial charge >= 0.3 is 0 Å². The molecule has 1 aromatic heterocycles. The van der Waals surface area contributed by atoms with Crippen molar-refractivity contribution in [3.8, 4) is 0 Å². The molecule has 0 aliphatic rings. The van der Waals surface area contributed by atoms with Crippen LogP contribution in [0.5, 0.6) is 0 Å². The van der Waals surface area contributed by atoms with E-state index in [0.29, 0.717) is 5.92 Å². The smallest absolute Gasteiger partial charge is 0.114 e. The third-order valence-electron chi connectivity index (χ3n) is 3.82. The first-order chi connectivity index (χ1) is 10.5. The Kier molecular flexibility index (Phi) is 4.34. The Morgan fingerprint density at radius 1 is 1.09 bits per heavy atom. The molecule has 0 spiro atoms. The standard InChI is InChI=1S/C19H21BrN2/c1-13(2)12-22-18-9-8-16(20)11-17(18)21-19(22)10-15-6-4-14(3)5-7-15/h4-9,11,13H,10,12H2,1-3H3. The first kappa shape index (κ1) is 15.3. The van der Waals surface area contributed by atoms with Gasteiger partial charge in [0.25, 0.3) is 0 Å². The number of hydrogen-bond donors (Lipinski definition) is 0. The van der Waals surface area contributed by atoms with Crippen LogP contribution in [0.1, 0.15) is 30.8 Å². The lowest BCUT2D eigenvalue weighted by atomic mass is 10.1. The molecule has 114 valence electrons. The number of aromatic nitrogens is 2. The minimum Gasteiger partial charge on any atom is -0.327 e. The molecular weight excluding hydrogens is 336 g/mol. The summed E-state index contributed by atoms with van der Waals surface area (Å²) < 4.78 is 3.45. The van der Waals surface area contributed by atoms with Crippen LogP contribution >= 0.6 is 15.9 Å². The average molecular weight is 357 g/mol. The number of hydrogen-bond acceptors (Lipinski definition) is 1. The van der Waals surface area contributed by atoms with Gasteiger partial charge in [-0.3, -0.25) is 0 Å². The molecule has 0 saturated carbocycles. The second-order valence-electron chi connectivity index (χ2n) is 6.33. The molecule has 0 aliphatic heterocycles. The van der Waals surface area contributed by atoms with Gasteiger partial charge in [-0.2, -0.15) is 0 Å². The van der Waals surface area contributed by atoms with E-state index in [1.54, 1.807) is 0 Å². The number of benzene rings is 2. The van der Waals surface area contributed by atoms with E-state index in [1.165, 1.54) is 16.6 Å². The van der Waals surface area contributed by atoms with Crippen molar-refractivity contribution in [2.24, 2.45) is 5.92 Å². The molecule has 1 heterocycles. The van der Waals surface area contributed by atoms with Gasteiger partial charge in [0, 0.05) is 17.4 Å². The average Bonchev–Trinajstić information content (AvgIpc) is 2.78. The van der Waals surface area contributed by atoms with E-state index < -0.39 is 0 Å². The van der Waals surface area contributed by atoms with E-state index in [1.807, 2.05) is 0 Å². The molecule has 3 rings (SSSR count). The molecule has 0 radical (unpaired) electrons. The summed E-state index contributed by atoms with van der Waals surface area (Å²) in [6, 6.07) is 15.1. The molecule has 22 heavy (non-hydrogen) atoms. The maximum absolute atomic E-state index is 4.88. The molecule has 0 bridgehead atoms. The fourth-order valence-corrected chi connectivity index (χ4v) is 3.09. The van der Waals surface area contributed by atoms with Crippen LogP contribution in [-0.2, 0) is 13.0 Å². The molecule has 3 heteroatoms. The molecule has 2 nitrogen and oxygen atoms in total. The van der Waals surface area contributed by atoms with Crippen LogP contribution in [0, 0.1) is 12.8 Å². The van der Waals surface area contributed by atoms with Crippen molar-refractivity contribution >= 4 is 27.0 Å². The van der Waals surface area contributed by atoms with Crippen LogP contribution in [0.2, 0.25) is 0 Å². The summed E-state index contributed by atoms with van der Waals surface area (Å²) in [4.78, 5) is 4.88. The molecule has 0 atom stereocenters. The lowest BCUT2D eigenvalue weighted by molar-refractivity contribution is 0.520. The van der Waals surface area contributed by atoms with Crippen molar-refractivity contribution in [1.82, 2.24) is 9.55 Å². The maximum Gasteiger partial charge on any atom is 0.114 e. The predicted octanol–water partition coefficient (Wildman–Crippen LogP) is 5.35. The highest BCUT2D eigenvalue weighted by atomic mass is 79.9. The SMILES string of the molecule is Cc1ccc(Cc2nc3cc(Br)ccc3n2CC(C)C)cc1. The van der Waals surface area contributed by atoms with Gasteiger partial charge in [-0.25, -0.2) is 4.98 Å². The fourth-order valence-electron chi connectivity index (χ4n) is 2.75. The van der Waals surface area contributed by atoms with Crippen molar-refractivity contribution in [1.29, 1.82) is 0 Å². The van der Waals surface area contributed by atoms with Gasteiger partial charge in [0.2, 0.25) is 0 Å². The molecule has 3 aromatic rings. The lowest BCUT2D eigenvalue weighted by Crippen LogP contribution is -2.09. The van der Waals surface area contributed by atoms with Crippen molar-refractivity contribution < 1.29 is 0 Å². The Bertz CT molecular complexity index is 785. The Labute approximate surface area is 140 Å². The second kappa shape index (κ2) is 6.25. The molecule has 0 amide bonds. The van der Waals surface area contributed by atoms with Gasteiger partial charge in [-0.05, 0) is 36.6 Å². The van der Waals surface area contributed by atoms with Gasteiger partial charge in [0.15, 0.2) is 0 Å². The van der Waals surface area contributed by atoms with Gasteiger partial charge < -0.3 is 4.57 Å². The van der Waals surface area contributed by atoms with E-state index >= 15 is 0 Å². The highest BCUT2D eigenvalue weighted by molar-refractivity contribution is 9.10. The van der Waals surface area contributed by atoms with E-state index in [9.17, 15) is 0 Å². The summed E-state index contributed by atoms with van der Waals surface area (Å²) >= 11 is 3.54. The monoisotopic (exact) mass is 356 g/mol. The molecule has 0 aliphatic carbocycles. The van der Waals surface area contributed by atoms with E-state index in [4.69, 9.17) is 4.98 Å². The highest BCUT2D eigenvalue weighted by Crippen LogP contribution is 2.23. The second-order valence-corrected chi connectivity index (χ2v) is 7.24. The number of aryl methyl sites for hydroxylation is 1. The molecule has 2 aromatic carbocycles.